The third kappa shape index (κ3) is 4.93. The summed E-state index contributed by atoms with van der Waals surface area (Å²) in [6, 6.07) is 19.2. The van der Waals surface area contributed by atoms with E-state index < -0.39 is 0 Å². The minimum atomic E-state index is 0.0824. The predicted molar refractivity (Wildman–Crippen MR) is 122 cm³/mol. The van der Waals surface area contributed by atoms with Gasteiger partial charge in [0.15, 0.2) is 5.96 Å². The molecule has 2 heterocycles. The number of carbonyl (C=O) groups is 1. The second-order valence-electron chi connectivity index (χ2n) is 7.94. The van der Waals surface area contributed by atoms with Crippen molar-refractivity contribution in [3.8, 4) is 0 Å². The van der Waals surface area contributed by atoms with Gasteiger partial charge in [-0.1, -0.05) is 42.5 Å². The van der Waals surface area contributed by atoms with Crippen molar-refractivity contribution in [3.63, 3.8) is 0 Å². The quantitative estimate of drug-likeness (QED) is 0.592. The van der Waals surface area contributed by atoms with Crippen molar-refractivity contribution in [2.75, 3.05) is 37.6 Å². The number of rotatable bonds is 5. The Bertz CT molecular complexity index is 882. The van der Waals surface area contributed by atoms with Crippen LogP contribution in [-0.2, 0) is 17.8 Å². The molecular weight excluding hydrogens is 374 g/mol. The number of fused-ring (bicyclic) bond motifs is 1. The molecule has 6 heteroatoms. The Morgan fingerprint density at radius 3 is 2.63 bits per heavy atom. The maximum Gasteiger partial charge on any atom is 0.244 e. The molecule has 0 bridgehead atoms. The maximum absolute atomic E-state index is 12.7. The highest BCUT2D eigenvalue weighted by Gasteiger charge is 2.24. The standard InChI is InChI=1S/C24H31N5O/c1-2-25-24(27-21-13-15-28(18-21)22-10-4-3-5-11-22)26-16-23(30)29-14-12-19-8-6-7-9-20(19)17-29/h3-11,21H,2,12-18H2,1H3,(H2,25,26,27). The number of hydrogen-bond acceptors (Lipinski definition) is 3. The molecule has 2 aliphatic rings. The molecule has 2 aliphatic heterocycles. The van der Waals surface area contributed by atoms with Gasteiger partial charge in [0, 0.05) is 44.5 Å². The van der Waals surface area contributed by atoms with E-state index in [2.05, 4.69) is 63.0 Å². The van der Waals surface area contributed by atoms with Crippen LogP contribution in [0, 0.1) is 0 Å². The molecule has 4 rings (SSSR count). The van der Waals surface area contributed by atoms with E-state index in [1.165, 1.54) is 16.8 Å². The molecule has 2 aromatic rings. The summed E-state index contributed by atoms with van der Waals surface area (Å²) < 4.78 is 0. The molecule has 1 fully saturated rings. The zero-order valence-electron chi connectivity index (χ0n) is 17.7. The molecule has 0 saturated carbocycles. The van der Waals surface area contributed by atoms with E-state index in [1.54, 1.807) is 0 Å². The van der Waals surface area contributed by atoms with E-state index in [-0.39, 0.29) is 12.5 Å². The minimum absolute atomic E-state index is 0.0824. The van der Waals surface area contributed by atoms with Crippen molar-refractivity contribution in [2.45, 2.75) is 32.4 Å². The van der Waals surface area contributed by atoms with Crippen LogP contribution in [-0.4, -0.2) is 55.5 Å². The van der Waals surface area contributed by atoms with Crippen LogP contribution in [0.1, 0.15) is 24.5 Å². The van der Waals surface area contributed by atoms with Crippen LogP contribution in [0.15, 0.2) is 59.6 Å². The van der Waals surface area contributed by atoms with Crippen molar-refractivity contribution in [3.05, 3.63) is 65.7 Å². The lowest BCUT2D eigenvalue weighted by Crippen LogP contribution is -2.45. The highest BCUT2D eigenvalue weighted by Crippen LogP contribution is 2.20. The number of anilines is 1. The SMILES string of the molecule is CCNC(=NCC(=O)N1CCc2ccccc2C1)NC1CCN(c2ccccc2)C1. The van der Waals surface area contributed by atoms with Crippen molar-refractivity contribution in [1.29, 1.82) is 0 Å². The van der Waals surface area contributed by atoms with E-state index in [0.29, 0.717) is 12.6 Å². The normalized spacial score (nSPS) is 18.8. The van der Waals surface area contributed by atoms with Crippen LogP contribution in [0.25, 0.3) is 0 Å². The van der Waals surface area contributed by atoms with Crippen LogP contribution in [0.4, 0.5) is 5.69 Å². The van der Waals surface area contributed by atoms with Crippen LogP contribution in [0.3, 0.4) is 0 Å². The summed E-state index contributed by atoms with van der Waals surface area (Å²) in [5.41, 5.74) is 3.85. The topological polar surface area (TPSA) is 60.0 Å². The number of nitrogens with zero attached hydrogens (tertiary/aromatic N) is 3. The number of para-hydroxylation sites is 1. The van der Waals surface area contributed by atoms with Crippen LogP contribution in [0.2, 0.25) is 0 Å². The maximum atomic E-state index is 12.7. The number of benzene rings is 2. The lowest BCUT2D eigenvalue weighted by Gasteiger charge is -2.28. The van der Waals surface area contributed by atoms with E-state index in [0.717, 1.165) is 45.0 Å². The number of carbonyl (C=O) groups excluding carboxylic acids is 1. The van der Waals surface area contributed by atoms with Crippen LogP contribution in [0.5, 0.6) is 0 Å². The van der Waals surface area contributed by atoms with Gasteiger partial charge in [0.2, 0.25) is 5.91 Å². The molecule has 1 amide bonds. The van der Waals surface area contributed by atoms with Gasteiger partial charge in [-0.2, -0.15) is 0 Å². The third-order valence-corrected chi connectivity index (χ3v) is 5.85. The summed E-state index contributed by atoms with van der Waals surface area (Å²) >= 11 is 0. The molecule has 6 nitrogen and oxygen atoms in total. The van der Waals surface area contributed by atoms with Gasteiger partial charge in [0.25, 0.3) is 0 Å². The Kier molecular flexibility index (Phi) is 6.52. The van der Waals surface area contributed by atoms with Crippen molar-refractivity contribution < 1.29 is 4.79 Å². The summed E-state index contributed by atoms with van der Waals surface area (Å²) in [6.45, 7) is 6.40. The zero-order valence-corrected chi connectivity index (χ0v) is 17.7. The molecular formula is C24H31N5O. The number of aliphatic imine (C=N–C) groups is 1. The summed E-state index contributed by atoms with van der Waals surface area (Å²) in [5.74, 6) is 0.808. The monoisotopic (exact) mass is 405 g/mol. The Hall–Kier alpha value is -3.02. The zero-order chi connectivity index (χ0) is 20.8. The molecule has 0 spiro atoms. The van der Waals surface area contributed by atoms with Crippen LogP contribution >= 0.6 is 0 Å². The van der Waals surface area contributed by atoms with Gasteiger partial charge in [-0.05, 0) is 43.0 Å². The van der Waals surface area contributed by atoms with Crippen molar-refractivity contribution >= 4 is 17.6 Å². The number of amides is 1. The first-order chi connectivity index (χ1) is 14.7. The molecule has 30 heavy (non-hydrogen) atoms. The average molecular weight is 406 g/mol. The smallest absolute Gasteiger partial charge is 0.244 e. The van der Waals surface area contributed by atoms with Crippen LogP contribution < -0.4 is 15.5 Å². The van der Waals surface area contributed by atoms with Gasteiger partial charge >= 0.3 is 0 Å². The Morgan fingerprint density at radius 1 is 1.07 bits per heavy atom. The minimum Gasteiger partial charge on any atom is -0.369 e. The predicted octanol–water partition coefficient (Wildman–Crippen LogP) is 2.41. The van der Waals surface area contributed by atoms with Gasteiger partial charge in [-0.15, -0.1) is 0 Å². The van der Waals surface area contributed by atoms with E-state index in [4.69, 9.17) is 0 Å². The second-order valence-corrected chi connectivity index (χ2v) is 7.94. The highest BCUT2D eigenvalue weighted by molar-refractivity contribution is 5.85. The fourth-order valence-corrected chi connectivity index (χ4v) is 4.22. The number of hydrogen-bond donors (Lipinski definition) is 2. The van der Waals surface area contributed by atoms with Crippen molar-refractivity contribution in [1.82, 2.24) is 15.5 Å². The fourth-order valence-electron chi connectivity index (χ4n) is 4.22. The van der Waals surface area contributed by atoms with Gasteiger partial charge < -0.3 is 20.4 Å². The second kappa shape index (κ2) is 9.65. The van der Waals surface area contributed by atoms with E-state index >= 15 is 0 Å². The molecule has 0 aliphatic carbocycles. The highest BCUT2D eigenvalue weighted by atomic mass is 16.2. The van der Waals surface area contributed by atoms with E-state index in [1.807, 2.05) is 24.0 Å². The molecule has 2 N–H and O–H groups in total. The molecule has 1 saturated heterocycles. The summed E-state index contributed by atoms with van der Waals surface area (Å²) in [7, 11) is 0. The Morgan fingerprint density at radius 2 is 1.83 bits per heavy atom. The third-order valence-electron chi connectivity index (χ3n) is 5.85. The van der Waals surface area contributed by atoms with Gasteiger partial charge in [0.1, 0.15) is 6.54 Å². The summed E-state index contributed by atoms with van der Waals surface area (Å²) in [6.07, 6.45) is 1.97. The lowest BCUT2D eigenvalue weighted by atomic mass is 10.00. The summed E-state index contributed by atoms with van der Waals surface area (Å²) in [5, 5.41) is 6.80. The summed E-state index contributed by atoms with van der Waals surface area (Å²) in [4.78, 5) is 21.6. The van der Waals surface area contributed by atoms with Crippen molar-refractivity contribution in [2.24, 2.45) is 4.99 Å². The van der Waals surface area contributed by atoms with Gasteiger partial charge in [0.05, 0.1) is 0 Å². The fraction of sp³-hybridized carbons (Fsp3) is 0.417. The largest absolute Gasteiger partial charge is 0.369 e. The number of nitrogens with one attached hydrogen (secondary N) is 2. The lowest BCUT2D eigenvalue weighted by molar-refractivity contribution is -0.130. The number of guanidine groups is 1. The van der Waals surface area contributed by atoms with E-state index in [9.17, 15) is 4.79 Å². The Labute approximate surface area is 179 Å². The first kappa shape index (κ1) is 20.3. The average Bonchev–Trinajstić information content (AvgIpc) is 3.26. The molecule has 158 valence electrons. The molecule has 2 aromatic carbocycles. The Balaban J connectivity index is 1.32. The molecule has 1 atom stereocenters. The molecule has 1 unspecified atom stereocenters. The molecule has 0 aromatic heterocycles. The van der Waals surface area contributed by atoms with Gasteiger partial charge in [-0.25, -0.2) is 4.99 Å². The van der Waals surface area contributed by atoms with Gasteiger partial charge in [-0.3, -0.25) is 4.79 Å². The first-order valence-corrected chi connectivity index (χ1v) is 10.9. The first-order valence-electron chi connectivity index (χ1n) is 10.9. The molecule has 0 radical (unpaired) electrons.